The van der Waals surface area contributed by atoms with Gasteiger partial charge >= 0.3 is 0 Å². The number of thiazole rings is 1. The van der Waals surface area contributed by atoms with Crippen LogP contribution in [-0.2, 0) is 13.0 Å². The van der Waals surface area contributed by atoms with Crippen LogP contribution in [0.25, 0.3) is 0 Å². The molecule has 2 N–H and O–H groups in total. The van der Waals surface area contributed by atoms with E-state index >= 15 is 0 Å². The smallest absolute Gasteiger partial charge is 0.187 e. The number of anilines is 2. The summed E-state index contributed by atoms with van der Waals surface area (Å²) in [6.07, 6.45) is 0.971. The maximum Gasteiger partial charge on any atom is 0.187 e. The number of halogens is 1. The molecule has 3 nitrogen and oxygen atoms in total. The maximum absolute atomic E-state index is 5.98. The van der Waals surface area contributed by atoms with E-state index in [4.69, 9.17) is 17.3 Å². The highest BCUT2D eigenvalue weighted by molar-refractivity contribution is 7.14. The topological polar surface area (TPSA) is 42.1 Å². The van der Waals surface area contributed by atoms with Crippen LogP contribution in [0, 0.1) is 0 Å². The molecule has 0 fully saturated rings. The predicted molar refractivity (Wildman–Crippen MR) is 72.7 cm³/mol. The Balaban J connectivity index is 1.90. The Morgan fingerprint density at radius 1 is 1.41 bits per heavy atom. The van der Waals surface area contributed by atoms with Crippen molar-refractivity contribution in [2.24, 2.45) is 0 Å². The van der Waals surface area contributed by atoms with Crippen LogP contribution in [0.1, 0.15) is 11.1 Å². The first-order valence-electron chi connectivity index (χ1n) is 5.46. The molecule has 0 atom stereocenters. The minimum atomic E-state index is 0.573. The third-order valence-electron chi connectivity index (χ3n) is 3.04. The monoisotopic (exact) mass is 265 g/mol. The van der Waals surface area contributed by atoms with E-state index in [-0.39, 0.29) is 0 Å². The quantitative estimate of drug-likeness (QED) is 0.806. The van der Waals surface area contributed by atoms with Crippen molar-refractivity contribution in [3.63, 3.8) is 0 Å². The largest absolute Gasteiger partial charge is 0.398 e. The lowest BCUT2D eigenvalue weighted by Crippen LogP contribution is -2.30. The zero-order chi connectivity index (χ0) is 11.8. The molecule has 0 saturated heterocycles. The summed E-state index contributed by atoms with van der Waals surface area (Å²) in [6.45, 7) is 1.81. The highest BCUT2D eigenvalue weighted by Gasteiger charge is 2.19. The third-order valence-corrected chi connectivity index (χ3v) is 4.26. The number of hydrogen-bond acceptors (Lipinski definition) is 4. The number of nitrogens with zero attached hydrogens (tertiary/aromatic N) is 2. The maximum atomic E-state index is 5.98. The third kappa shape index (κ3) is 1.98. The van der Waals surface area contributed by atoms with Crippen LogP contribution in [0.2, 0.25) is 5.15 Å². The van der Waals surface area contributed by atoms with Gasteiger partial charge in [0.2, 0.25) is 0 Å². The SMILES string of the molecule is Nc1cccc2c1CCN(c1nc(Cl)cs1)C2. The van der Waals surface area contributed by atoms with Gasteiger partial charge in [0.05, 0.1) is 0 Å². The molecule has 0 unspecified atom stereocenters. The van der Waals surface area contributed by atoms with Crippen molar-refractivity contribution < 1.29 is 0 Å². The molecule has 1 aromatic carbocycles. The Hall–Kier alpha value is -1.26. The molecular formula is C12H12ClN3S. The van der Waals surface area contributed by atoms with Gasteiger partial charge in [-0.25, -0.2) is 4.98 Å². The Kier molecular flexibility index (Phi) is 2.68. The van der Waals surface area contributed by atoms with Gasteiger partial charge in [-0.2, -0.15) is 0 Å². The number of hydrogen-bond donors (Lipinski definition) is 1. The van der Waals surface area contributed by atoms with Crippen LogP contribution in [0.15, 0.2) is 23.6 Å². The molecule has 88 valence electrons. The molecule has 0 aliphatic carbocycles. The summed E-state index contributed by atoms with van der Waals surface area (Å²) in [5.74, 6) is 0. The molecule has 0 saturated carbocycles. The van der Waals surface area contributed by atoms with Crippen molar-refractivity contribution in [2.75, 3.05) is 17.2 Å². The van der Waals surface area contributed by atoms with Crippen LogP contribution >= 0.6 is 22.9 Å². The van der Waals surface area contributed by atoms with E-state index in [1.165, 1.54) is 11.1 Å². The van der Waals surface area contributed by atoms with Gasteiger partial charge in [0.15, 0.2) is 5.13 Å². The number of fused-ring (bicyclic) bond motifs is 1. The fourth-order valence-electron chi connectivity index (χ4n) is 2.19. The summed E-state index contributed by atoms with van der Waals surface area (Å²) in [5.41, 5.74) is 9.46. The molecule has 17 heavy (non-hydrogen) atoms. The van der Waals surface area contributed by atoms with Crippen molar-refractivity contribution in [2.45, 2.75) is 13.0 Å². The average molecular weight is 266 g/mol. The molecule has 0 radical (unpaired) electrons. The van der Waals surface area contributed by atoms with Gasteiger partial charge in [0.1, 0.15) is 5.15 Å². The second-order valence-corrected chi connectivity index (χ2v) is 5.33. The Bertz CT molecular complexity index is 552. The average Bonchev–Trinajstić information content (AvgIpc) is 2.76. The number of nitrogens with two attached hydrogens (primary N) is 1. The lowest BCUT2D eigenvalue weighted by Gasteiger charge is -2.29. The van der Waals surface area contributed by atoms with Crippen LogP contribution in [0.4, 0.5) is 10.8 Å². The molecule has 0 bridgehead atoms. The fraction of sp³-hybridized carbons (Fsp3) is 0.250. The standard InChI is InChI=1S/C12H12ClN3S/c13-11-7-17-12(15-11)16-5-4-9-8(6-16)2-1-3-10(9)14/h1-3,7H,4-6,14H2. The normalized spacial score (nSPS) is 14.8. The van der Waals surface area contributed by atoms with E-state index in [1.807, 2.05) is 17.5 Å². The molecule has 2 heterocycles. The molecule has 0 amide bonds. The zero-order valence-corrected chi connectivity index (χ0v) is 10.8. The van der Waals surface area contributed by atoms with Crippen LogP contribution in [0.3, 0.4) is 0 Å². The summed E-state index contributed by atoms with van der Waals surface area (Å²) in [5, 5.41) is 3.43. The van der Waals surface area contributed by atoms with Crippen molar-refractivity contribution in [1.29, 1.82) is 0 Å². The van der Waals surface area contributed by atoms with Crippen LogP contribution < -0.4 is 10.6 Å². The van der Waals surface area contributed by atoms with E-state index in [0.29, 0.717) is 5.15 Å². The minimum absolute atomic E-state index is 0.573. The lowest BCUT2D eigenvalue weighted by molar-refractivity contribution is 0.730. The first-order chi connectivity index (χ1) is 8.24. The fourth-order valence-corrected chi connectivity index (χ4v) is 3.17. The van der Waals surface area contributed by atoms with Gasteiger partial charge in [0.25, 0.3) is 0 Å². The first-order valence-corrected chi connectivity index (χ1v) is 6.72. The van der Waals surface area contributed by atoms with Gasteiger partial charge in [-0.05, 0) is 23.6 Å². The molecule has 3 rings (SSSR count). The summed E-state index contributed by atoms with van der Waals surface area (Å²) in [4.78, 5) is 6.56. The summed E-state index contributed by atoms with van der Waals surface area (Å²) >= 11 is 7.44. The molecule has 0 spiro atoms. The predicted octanol–water partition coefficient (Wildman–Crippen LogP) is 2.94. The van der Waals surface area contributed by atoms with Crippen molar-refractivity contribution in [3.05, 3.63) is 39.9 Å². The van der Waals surface area contributed by atoms with Crippen molar-refractivity contribution >= 4 is 33.8 Å². The van der Waals surface area contributed by atoms with E-state index < -0.39 is 0 Å². The number of rotatable bonds is 1. The van der Waals surface area contributed by atoms with E-state index in [0.717, 1.165) is 30.3 Å². The van der Waals surface area contributed by atoms with Gasteiger partial charge < -0.3 is 10.6 Å². The molecule has 1 aromatic heterocycles. The molecule has 1 aliphatic heterocycles. The highest BCUT2D eigenvalue weighted by atomic mass is 35.5. The lowest BCUT2D eigenvalue weighted by atomic mass is 9.98. The molecular weight excluding hydrogens is 254 g/mol. The van der Waals surface area contributed by atoms with Crippen LogP contribution in [-0.4, -0.2) is 11.5 Å². The van der Waals surface area contributed by atoms with E-state index in [1.54, 1.807) is 11.3 Å². The Morgan fingerprint density at radius 3 is 3.06 bits per heavy atom. The second-order valence-electron chi connectivity index (χ2n) is 4.11. The van der Waals surface area contributed by atoms with Crippen LogP contribution in [0.5, 0.6) is 0 Å². The first kappa shape index (κ1) is 10.9. The summed E-state index contributed by atoms with van der Waals surface area (Å²) in [7, 11) is 0. The van der Waals surface area contributed by atoms with Gasteiger partial charge in [0, 0.05) is 24.2 Å². The summed E-state index contributed by atoms with van der Waals surface area (Å²) < 4.78 is 0. The van der Waals surface area contributed by atoms with Gasteiger partial charge in [-0.15, -0.1) is 11.3 Å². The highest BCUT2D eigenvalue weighted by Crippen LogP contribution is 2.30. The van der Waals surface area contributed by atoms with Gasteiger partial charge in [-0.3, -0.25) is 0 Å². The molecule has 5 heteroatoms. The molecule has 1 aliphatic rings. The Labute approximate surface area is 109 Å². The van der Waals surface area contributed by atoms with Crippen molar-refractivity contribution in [1.82, 2.24) is 4.98 Å². The van der Waals surface area contributed by atoms with E-state index in [2.05, 4.69) is 16.0 Å². The Morgan fingerprint density at radius 2 is 2.29 bits per heavy atom. The number of aromatic nitrogens is 1. The minimum Gasteiger partial charge on any atom is -0.398 e. The number of nitrogen functional groups attached to an aromatic ring is 1. The zero-order valence-electron chi connectivity index (χ0n) is 9.19. The van der Waals surface area contributed by atoms with Gasteiger partial charge in [-0.1, -0.05) is 23.7 Å². The second kappa shape index (κ2) is 4.20. The van der Waals surface area contributed by atoms with Crippen molar-refractivity contribution in [3.8, 4) is 0 Å². The summed E-state index contributed by atoms with van der Waals surface area (Å²) in [6, 6.07) is 6.11. The molecule has 2 aromatic rings. The van der Waals surface area contributed by atoms with E-state index in [9.17, 15) is 0 Å². The number of benzene rings is 1.